The Bertz CT molecular complexity index is 785. The molecule has 0 atom stereocenters. The summed E-state index contributed by atoms with van der Waals surface area (Å²) in [4.78, 5) is 16.1. The minimum atomic E-state index is 0.716. The number of anilines is 1. The van der Waals surface area contributed by atoms with Crippen molar-refractivity contribution in [1.82, 2.24) is 15.0 Å². The molecule has 1 saturated heterocycles. The van der Waals surface area contributed by atoms with Crippen LogP contribution in [0, 0.1) is 0 Å². The summed E-state index contributed by atoms with van der Waals surface area (Å²) in [5, 5.41) is 0.990. The number of fused-ring (bicyclic) bond motifs is 1. The van der Waals surface area contributed by atoms with Crippen LogP contribution in [0.15, 0.2) is 48.7 Å². The number of morpholine rings is 1. The minimum absolute atomic E-state index is 0.716. The van der Waals surface area contributed by atoms with Crippen molar-refractivity contribution < 1.29 is 4.74 Å². The molecule has 3 aromatic rings. The number of rotatable bonds is 2. The van der Waals surface area contributed by atoms with Crippen LogP contribution in [0.25, 0.3) is 22.4 Å². The summed E-state index contributed by atoms with van der Waals surface area (Å²) in [6.07, 6.45) is 1.77. The number of ether oxygens (including phenoxy) is 1. The maximum Gasteiger partial charge on any atom is 0.165 e. The topological polar surface area (TPSA) is 51.1 Å². The Kier molecular flexibility index (Phi) is 3.40. The monoisotopic (exact) mass is 292 g/mol. The van der Waals surface area contributed by atoms with E-state index >= 15 is 0 Å². The predicted molar refractivity (Wildman–Crippen MR) is 85.8 cm³/mol. The van der Waals surface area contributed by atoms with Crippen molar-refractivity contribution in [3.05, 3.63) is 48.7 Å². The lowest BCUT2D eigenvalue weighted by Crippen LogP contribution is -2.37. The highest BCUT2D eigenvalue weighted by molar-refractivity contribution is 5.88. The smallest absolute Gasteiger partial charge is 0.165 e. The van der Waals surface area contributed by atoms with E-state index in [1.54, 1.807) is 6.20 Å². The van der Waals surface area contributed by atoms with E-state index in [4.69, 9.17) is 9.72 Å². The highest BCUT2D eigenvalue weighted by Crippen LogP contribution is 2.26. The first-order valence-corrected chi connectivity index (χ1v) is 7.43. The third kappa shape index (κ3) is 2.40. The van der Waals surface area contributed by atoms with Crippen molar-refractivity contribution >= 4 is 16.9 Å². The lowest BCUT2D eigenvalue weighted by molar-refractivity contribution is 0.122. The Morgan fingerprint density at radius 3 is 2.55 bits per heavy atom. The average Bonchev–Trinajstić information content (AvgIpc) is 2.62. The molecule has 1 fully saturated rings. The van der Waals surface area contributed by atoms with Crippen LogP contribution in [-0.4, -0.2) is 41.3 Å². The van der Waals surface area contributed by atoms with Crippen LogP contribution in [-0.2, 0) is 4.74 Å². The van der Waals surface area contributed by atoms with Gasteiger partial charge in [-0.15, -0.1) is 0 Å². The van der Waals surface area contributed by atoms with Crippen LogP contribution in [0.2, 0.25) is 0 Å². The normalized spacial score (nSPS) is 15.2. The Morgan fingerprint density at radius 1 is 0.909 bits per heavy atom. The second-order valence-electron chi connectivity index (χ2n) is 5.21. The van der Waals surface area contributed by atoms with E-state index in [2.05, 4.69) is 14.9 Å². The van der Waals surface area contributed by atoms with Gasteiger partial charge in [-0.05, 0) is 12.1 Å². The Balaban J connectivity index is 1.89. The zero-order valence-electron chi connectivity index (χ0n) is 12.1. The van der Waals surface area contributed by atoms with E-state index in [0.717, 1.165) is 48.7 Å². The van der Waals surface area contributed by atoms with Gasteiger partial charge in [0, 0.05) is 24.8 Å². The molecule has 2 aromatic heterocycles. The molecule has 1 aromatic carbocycles. The molecule has 5 heteroatoms. The van der Waals surface area contributed by atoms with Gasteiger partial charge in [0.2, 0.25) is 0 Å². The summed E-state index contributed by atoms with van der Waals surface area (Å²) < 4.78 is 5.45. The molecule has 0 spiro atoms. The first-order valence-electron chi connectivity index (χ1n) is 7.43. The largest absolute Gasteiger partial charge is 0.378 e. The number of nitrogens with zero attached hydrogens (tertiary/aromatic N) is 4. The van der Waals surface area contributed by atoms with Crippen molar-refractivity contribution in [2.45, 2.75) is 0 Å². The van der Waals surface area contributed by atoms with E-state index in [0.29, 0.717) is 5.82 Å². The second kappa shape index (κ2) is 5.69. The first-order chi connectivity index (χ1) is 10.9. The van der Waals surface area contributed by atoms with Gasteiger partial charge in [-0.1, -0.05) is 30.3 Å². The molecule has 0 radical (unpaired) electrons. The molecule has 0 bridgehead atoms. The van der Waals surface area contributed by atoms with Crippen molar-refractivity contribution in [2.24, 2.45) is 0 Å². The highest BCUT2D eigenvalue weighted by atomic mass is 16.5. The van der Waals surface area contributed by atoms with Gasteiger partial charge in [-0.3, -0.25) is 0 Å². The van der Waals surface area contributed by atoms with Crippen molar-refractivity contribution in [1.29, 1.82) is 0 Å². The summed E-state index contributed by atoms with van der Waals surface area (Å²) >= 11 is 0. The third-order valence-corrected chi connectivity index (χ3v) is 3.79. The lowest BCUT2D eigenvalue weighted by Gasteiger charge is -2.28. The molecular formula is C17H16N4O. The molecule has 3 heterocycles. The van der Waals surface area contributed by atoms with E-state index < -0.39 is 0 Å². The van der Waals surface area contributed by atoms with Gasteiger partial charge in [0.15, 0.2) is 11.5 Å². The molecule has 0 saturated carbocycles. The van der Waals surface area contributed by atoms with E-state index in [-0.39, 0.29) is 0 Å². The molecule has 5 nitrogen and oxygen atoms in total. The molecule has 110 valence electrons. The number of hydrogen-bond acceptors (Lipinski definition) is 5. The van der Waals surface area contributed by atoms with E-state index in [1.165, 1.54) is 0 Å². The van der Waals surface area contributed by atoms with Gasteiger partial charge in [0.25, 0.3) is 0 Å². The van der Waals surface area contributed by atoms with Gasteiger partial charge in [-0.2, -0.15) is 0 Å². The third-order valence-electron chi connectivity index (χ3n) is 3.79. The molecule has 1 aliphatic heterocycles. The van der Waals surface area contributed by atoms with Crippen LogP contribution in [0.1, 0.15) is 0 Å². The van der Waals surface area contributed by atoms with E-state index in [9.17, 15) is 0 Å². The highest BCUT2D eigenvalue weighted by Gasteiger charge is 2.18. The number of pyridine rings is 1. The summed E-state index contributed by atoms with van der Waals surface area (Å²) in [6.45, 7) is 3.14. The summed E-state index contributed by atoms with van der Waals surface area (Å²) in [6, 6.07) is 14.0. The molecule has 1 aliphatic rings. The first kappa shape index (κ1) is 13.2. The molecule has 4 rings (SSSR count). The SMILES string of the molecule is c1ccc(-c2nc(N3CCOCC3)c3cccnc3n2)cc1. The number of hydrogen-bond donors (Lipinski definition) is 0. The molecule has 22 heavy (non-hydrogen) atoms. The van der Waals surface area contributed by atoms with Crippen LogP contribution in [0.3, 0.4) is 0 Å². The Labute approximate surface area is 128 Å². The predicted octanol–water partition coefficient (Wildman–Crippen LogP) is 2.53. The number of benzene rings is 1. The Hall–Kier alpha value is -2.53. The standard InChI is InChI=1S/C17H16N4O/c1-2-5-13(6-3-1)15-19-16-14(7-4-8-18-16)17(20-15)21-9-11-22-12-10-21/h1-8H,9-12H2. The van der Waals surface area contributed by atoms with Crippen molar-refractivity contribution in [3.63, 3.8) is 0 Å². The molecule has 0 amide bonds. The zero-order valence-corrected chi connectivity index (χ0v) is 12.1. The number of aromatic nitrogens is 3. The Morgan fingerprint density at radius 2 is 1.73 bits per heavy atom. The molecule has 0 N–H and O–H groups in total. The van der Waals surface area contributed by atoms with Gasteiger partial charge in [-0.25, -0.2) is 15.0 Å². The van der Waals surface area contributed by atoms with Gasteiger partial charge >= 0.3 is 0 Å². The fourth-order valence-electron chi connectivity index (χ4n) is 2.68. The van der Waals surface area contributed by atoms with Crippen molar-refractivity contribution in [2.75, 3.05) is 31.2 Å². The maximum atomic E-state index is 5.45. The summed E-state index contributed by atoms with van der Waals surface area (Å²) in [5.74, 6) is 1.66. The summed E-state index contributed by atoms with van der Waals surface area (Å²) in [7, 11) is 0. The summed E-state index contributed by atoms with van der Waals surface area (Å²) in [5.41, 5.74) is 1.74. The quantitative estimate of drug-likeness (QED) is 0.726. The minimum Gasteiger partial charge on any atom is -0.378 e. The van der Waals surface area contributed by atoms with Crippen LogP contribution in [0.4, 0.5) is 5.82 Å². The zero-order chi connectivity index (χ0) is 14.8. The fraction of sp³-hybridized carbons (Fsp3) is 0.235. The van der Waals surface area contributed by atoms with Crippen LogP contribution in [0.5, 0.6) is 0 Å². The molecule has 0 unspecified atom stereocenters. The van der Waals surface area contributed by atoms with Crippen LogP contribution >= 0.6 is 0 Å². The second-order valence-corrected chi connectivity index (χ2v) is 5.21. The van der Waals surface area contributed by atoms with Gasteiger partial charge < -0.3 is 9.64 Å². The average molecular weight is 292 g/mol. The molecular weight excluding hydrogens is 276 g/mol. The molecule has 0 aliphatic carbocycles. The van der Waals surface area contributed by atoms with E-state index in [1.807, 2.05) is 42.5 Å². The van der Waals surface area contributed by atoms with Gasteiger partial charge in [0.1, 0.15) is 5.82 Å². The van der Waals surface area contributed by atoms with Crippen LogP contribution < -0.4 is 4.90 Å². The van der Waals surface area contributed by atoms with Gasteiger partial charge in [0.05, 0.1) is 18.6 Å². The van der Waals surface area contributed by atoms with Crippen molar-refractivity contribution in [3.8, 4) is 11.4 Å². The lowest BCUT2D eigenvalue weighted by atomic mass is 10.2. The fourth-order valence-corrected chi connectivity index (χ4v) is 2.68. The maximum absolute atomic E-state index is 5.45.